The molecule has 2 heteroatoms. The first-order chi connectivity index (χ1) is 8.43. The largest absolute Gasteiger partial charge is 0.383 e. The summed E-state index contributed by atoms with van der Waals surface area (Å²) in [6, 6.07) is 22.0. The Morgan fingerprint density at radius 3 is 2.24 bits per heavy atom. The van der Waals surface area contributed by atoms with Crippen LogP contribution in [0.15, 0.2) is 60.7 Å². The van der Waals surface area contributed by atoms with Crippen molar-refractivity contribution in [1.29, 1.82) is 0 Å². The first-order valence-corrected chi connectivity index (χ1v) is 6.03. The molecule has 1 saturated heterocycles. The first-order valence-electron chi connectivity index (χ1n) is 6.03. The van der Waals surface area contributed by atoms with E-state index >= 15 is 0 Å². The second kappa shape index (κ2) is 4.60. The summed E-state index contributed by atoms with van der Waals surface area (Å²) in [4.78, 5) is 0. The van der Waals surface area contributed by atoms with Crippen molar-refractivity contribution in [3.05, 3.63) is 66.2 Å². The lowest BCUT2D eigenvalue weighted by atomic mass is 10.1. The van der Waals surface area contributed by atoms with E-state index in [0.29, 0.717) is 12.1 Å². The van der Waals surface area contributed by atoms with Gasteiger partial charge in [-0.2, -0.15) is 0 Å². The lowest BCUT2D eigenvalue weighted by molar-refractivity contribution is 0.955. The molecule has 1 aliphatic rings. The average molecular weight is 224 g/mol. The molecule has 1 heterocycles. The molecule has 2 atom stereocenters. The van der Waals surface area contributed by atoms with Crippen molar-refractivity contribution in [2.24, 2.45) is 0 Å². The third-order valence-electron chi connectivity index (χ3n) is 3.15. The van der Waals surface area contributed by atoms with Gasteiger partial charge in [0, 0.05) is 24.3 Å². The molecule has 0 radical (unpaired) electrons. The van der Waals surface area contributed by atoms with E-state index in [-0.39, 0.29) is 0 Å². The van der Waals surface area contributed by atoms with Gasteiger partial charge in [-0.1, -0.05) is 48.5 Å². The molecule has 2 nitrogen and oxygen atoms in total. The third kappa shape index (κ3) is 2.48. The average Bonchev–Trinajstić information content (AvgIpc) is 3.18. The summed E-state index contributed by atoms with van der Waals surface area (Å²) in [5, 5.41) is 6.94. The minimum absolute atomic E-state index is 0.521. The first kappa shape index (κ1) is 10.4. The highest BCUT2D eigenvalue weighted by molar-refractivity contribution is 5.43. The van der Waals surface area contributed by atoms with E-state index in [9.17, 15) is 0 Å². The minimum Gasteiger partial charge on any atom is -0.383 e. The molecule has 0 spiro atoms. The van der Waals surface area contributed by atoms with Gasteiger partial charge < -0.3 is 10.6 Å². The van der Waals surface area contributed by atoms with E-state index < -0.39 is 0 Å². The van der Waals surface area contributed by atoms with Crippen LogP contribution in [-0.4, -0.2) is 12.6 Å². The summed E-state index contributed by atoms with van der Waals surface area (Å²) in [7, 11) is 0. The van der Waals surface area contributed by atoms with Crippen molar-refractivity contribution in [2.75, 3.05) is 11.9 Å². The lowest BCUT2D eigenvalue weighted by Crippen LogP contribution is -2.10. The van der Waals surface area contributed by atoms with Crippen molar-refractivity contribution >= 4 is 5.69 Å². The van der Waals surface area contributed by atoms with Crippen LogP contribution in [0.1, 0.15) is 11.6 Å². The van der Waals surface area contributed by atoms with Crippen LogP contribution in [0, 0.1) is 0 Å². The molecule has 0 saturated carbocycles. The van der Waals surface area contributed by atoms with Crippen LogP contribution in [0.4, 0.5) is 5.69 Å². The zero-order chi connectivity index (χ0) is 11.5. The fourth-order valence-corrected chi connectivity index (χ4v) is 2.12. The third-order valence-corrected chi connectivity index (χ3v) is 3.15. The molecule has 3 rings (SSSR count). The Morgan fingerprint density at radius 1 is 0.882 bits per heavy atom. The second-order valence-electron chi connectivity index (χ2n) is 4.41. The number of para-hydroxylation sites is 1. The maximum absolute atomic E-state index is 3.49. The van der Waals surface area contributed by atoms with Gasteiger partial charge in [0.1, 0.15) is 0 Å². The fraction of sp³-hybridized carbons (Fsp3) is 0.200. The molecule has 1 aliphatic heterocycles. The topological polar surface area (TPSA) is 34.0 Å². The molecule has 2 N–H and O–H groups in total. The van der Waals surface area contributed by atoms with Crippen LogP contribution in [0.3, 0.4) is 0 Å². The molecule has 2 aromatic rings. The number of rotatable bonds is 4. The molecular formula is C15H16N2. The van der Waals surface area contributed by atoms with Gasteiger partial charge in [-0.15, -0.1) is 0 Å². The van der Waals surface area contributed by atoms with Gasteiger partial charge in [-0.05, 0) is 17.7 Å². The van der Waals surface area contributed by atoms with E-state index in [0.717, 1.165) is 6.54 Å². The molecule has 1 fully saturated rings. The normalized spacial score (nSPS) is 22.1. The van der Waals surface area contributed by atoms with Crippen molar-refractivity contribution in [3.63, 3.8) is 0 Å². The molecule has 2 aromatic carbocycles. The summed E-state index contributed by atoms with van der Waals surface area (Å²) >= 11 is 0. The second-order valence-corrected chi connectivity index (χ2v) is 4.41. The van der Waals surface area contributed by atoms with Crippen LogP contribution in [-0.2, 0) is 0 Å². The molecule has 17 heavy (non-hydrogen) atoms. The van der Waals surface area contributed by atoms with Crippen LogP contribution in [0.25, 0.3) is 0 Å². The predicted molar refractivity (Wildman–Crippen MR) is 71.0 cm³/mol. The number of hydrogen-bond donors (Lipinski definition) is 2. The van der Waals surface area contributed by atoms with E-state index in [1.54, 1.807) is 0 Å². The molecule has 0 aromatic heterocycles. The maximum Gasteiger partial charge on any atom is 0.0496 e. The summed E-state index contributed by atoms with van der Waals surface area (Å²) in [6.45, 7) is 0.976. The standard InChI is InChI=1S/C15H16N2/c1-3-7-12(8-4-1)15-14(17-15)11-16-13-9-5-2-6-10-13/h1-10,14-17H,11H2. The zero-order valence-corrected chi connectivity index (χ0v) is 9.64. The van der Waals surface area contributed by atoms with Gasteiger partial charge in [0.2, 0.25) is 0 Å². The van der Waals surface area contributed by atoms with Crippen molar-refractivity contribution in [1.82, 2.24) is 5.32 Å². The predicted octanol–water partition coefficient (Wildman–Crippen LogP) is 2.81. The minimum atomic E-state index is 0.521. The Hall–Kier alpha value is -1.80. The molecule has 0 amide bonds. The van der Waals surface area contributed by atoms with Crippen molar-refractivity contribution in [3.8, 4) is 0 Å². The van der Waals surface area contributed by atoms with Crippen LogP contribution in [0.2, 0.25) is 0 Å². The SMILES string of the molecule is c1ccc(NCC2NC2c2ccccc2)cc1. The summed E-state index contributed by atoms with van der Waals surface area (Å²) in [5.74, 6) is 0. The molecular weight excluding hydrogens is 208 g/mol. The Labute approximate surface area is 102 Å². The highest BCUT2D eigenvalue weighted by atomic mass is 15.2. The Morgan fingerprint density at radius 2 is 1.53 bits per heavy atom. The summed E-state index contributed by atoms with van der Waals surface area (Å²) < 4.78 is 0. The molecule has 86 valence electrons. The molecule has 0 bridgehead atoms. The highest BCUT2D eigenvalue weighted by Crippen LogP contribution is 2.29. The van der Waals surface area contributed by atoms with Crippen LogP contribution >= 0.6 is 0 Å². The van der Waals surface area contributed by atoms with E-state index in [4.69, 9.17) is 0 Å². The van der Waals surface area contributed by atoms with E-state index in [1.165, 1.54) is 11.3 Å². The molecule has 0 aliphatic carbocycles. The Kier molecular flexibility index (Phi) is 2.80. The fourth-order valence-electron chi connectivity index (χ4n) is 2.12. The Balaban J connectivity index is 1.53. The van der Waals surface area contributed by atoms with E-state index in [2.05, 4.69) is 65.2 Å². The number of nitrogens with one attached hydrogen (secondary N) is 2. The number of hydrogen-bond acceptors (Lipinski definition) is 2. The monoisotopic (exact) mass is 224 g/mol. The summed E-state index contributed by atoms with van der Waals surface area (Å²) in [6.07, 6.45) is 0. The van der Waals surface area contributed by atoms with Gasteiger partial charge in [-0.3, -0.25) is 0 Å². The van der Waals surface area contributed by atoms with Crippen LogP contribution < -0.4 is 10.6 Å². The quantitative estimate of drug-likeness (QED) is 0.783. The van der Waals surface area contributed by atoms with Gasteiger partial charge in [0.25, 0.3) is 0 Å². The van der Waals surface area contributed by atoms with Gasteiger partial charge in [-0.25, -0.2) is 0 Å². The van der Waals surface area contributed by atoms with Crippen LogP contribution in [0.5, 0.6) is 0 Å². The van der Waals surface area contributed by atoms with Gasteiger partial charge in [0.15, 0.2) is 0 Å². The lowest BCUT2D eigenvalue weighted by Gasteiger charge is -2.04. The number of benzene rings is 2. The van der Waals surface area contributed by atoms with Crippen molar-refractivity contribution < 1.29 is 0 Å². The van der Waals surface area contributed by atoms with E-state index in [1.807, 2.05) is 6.07 Å². The zero-order valence-electron chi connectivity index (χ0n) is 9.64. The highest BCUT2D eigenvalue weighted by Gasteiger charge is 2.36. The van der Waals surface area contributed by atoms with Crippen molar-refractivity contribution in [2.45, 2.75) is 12.1 Å². The smallest absolute Gasteiger partial charge is 0.0496 e. The van der Waals surface area contributed by atoms with Gasteiger partial charge in [0.05, 0.1) is 0 Å². The molecule has 2 unspecified atom stereocenters. The van der Waals surface area contributed by atoms with Gasteiger partial charge >= 0.3 is 0 Å². The summed E-state index contributed by atoms with van der Waals surface area (Å²) in [5.41, 5.74) is 2.57. The number of anilines is 1. The maximum atomic E-state index is 3.49. The Bertz CT molecular complexity index is 467.